The minimum absolute atomic E-state index is 0.202. The number of para-hydroxylation sites is 1. The van der Waals surface area contributed by atoms with Gasteiger partial charge < -0.3 is 29.0 Å². The molecule has 0 radical (unpaired) electrons. The van der Waals surface area contributed by atoms with Gasteiger partial charge in [0.15, 0.2) is 6.10 Å². The molecule has 0 saturated carbocycles. The highest BCUT2D eigenvalue weighted by Gasteiger charge is 2.18. The van der Waals surface area contributed by atoms with Crippen molar-refractivity contribution in [1.82, 2.24) is 4.90 Å². The van der Waals surface area contributed by atoms with Crippen molar-refractivity contribution in [3.05, 3.63) is 90.2 Å². The summed E-state index contributed by atoms with van der Waals surface area (Å²) >= 11 is 0. The van der Waals surface area contributed by atoms with Gasteiger partial charge in [0.2, 0.25) is 0 Å². The second-order valence-corrected chi connectivity index (χ2v) is 8.30. The molecule has 202 valence electrons. The summed E-state index contributed by atoms with van der Waals surface area (Å²) < 4.78 is 35.4. The SMILES string of the molecule is CCOC(Cc1ccc(OCCN(CCCOc2ccccc2)C(=O)Oc2ccc(F)cc2)cc1)C(=O)O. The lowest BCUT2D eigenvalue weighted by molar-refractivity contribution is -0.149. The summed E-state index contributed by atoms with van der Waals surface area (Å²) in [6.07, 6.45) is -0.672. The number of hydrogen-bond donors (Lipinski definition) is 1. The van der Waals surface area contributed by atoms with Gasteiger partial charge >= 0.3 is 12.1 Å². The van der Waals surface area contributed by atoms with Gasteiger partial charge in [-0.05, 0) is 67.4 Å². The molecule has 1 N–H and O–H groups in total. The predicted octanol–water partition coefficient (Wildman–Crippen LogP) is 5.21. The zero-order valence-electron chi connectivity index (χ0n) is 21.3. The molecular formula is C29H32FNO7. The standard InChI is InChI=1S/C29H32FNO7/c1-2-35-27(28(32)33)21-22-9-13-25(14-10-22)37-20-18-31(17-6-19-36-24-7-4-3-5-8-24)29(34)38-26-15-11-23(30)12-16-26/h3-5,7-16,27H,2,6,17-21H2,1H3,(H,32,33). The lowest BCUT2D eigenvalue weighted by Gasteiger charge is -2.22. The number of carbonyl (C=O) groups excluding carboxylic acids is 1. The molecule has 38 heavy (non-hydrogen) atoms. The molecule has 0 bridgehead atoms. The molecule has 8 nitrogen and oxygen atoms in total. The zero-order chi connectivity index (χ0) is 27.2. The number of carboxylic acid groups (broad SMARTS) is 1. The Morgan fingerprint density at radius 3 is 2.13 bits per heavy atom. The van der Waals surface area contributed by atoms with Crippen molar-refractivity contribution in [3.8, 4) is 17.2 Å². The summed E-state index contributed by atoms with van der Waals surface area (Å²) in [5, 5.41) is 9.26. The minimum Gasteiger partial charge on any atom is -0.494 e. The average Bonchev–Trinajstić information content (AvgIpc) is 2.92. The van der Waals surface area contributed by atoms with Crippen molar-refractivity contribution >= 4 is 12.1 Å². The molecule has 1 atom stereocenters. The summed E-state index contributed by atoms with van der Waals surface area (Å²) in [6, 6.07) is 21.7. The van der Waals surface area contributed by atoms with Gasteiger partial charge in [-0.25, -0.2) is 14.0 Å². The summed E-state index contributed by atoms with van der Waals surface area (Å²) in [4.78, 5) is 25.6. The fraction of sp³-hybridized carbons (Fsp3) is 0.310. The minimum atomic E-state index is -1.01. The highest BCUT2D eigenvalue weighted by atomic mass is 19.1. The molecule has 0 spiro atoms. The third kappa shape index (κ3) is 9.74. The second-order valence-electron chi connectivity index (χ2n) is 8.30. The summed E-state index contributed by atoms with van der Waals surface area (Å²) in [6.45, 7) is 3.29. The van der Waals surface area contributed by atoms with Crippen LogP contribution in [0.25, 0.3) is 0 Å². The van der Waals surface area contributed by atoms with Gasteiger partial charge in [0.1, 0.15) is 29.7 Å². The molecule has 0 heterocycles. The van der Waals surface area contributed by atoms with E-state index in [-0.39, 0.29) is 25.3 Å². The number of halogens is 1. The van der Waals surface area contributed by atoms with Gasteiger partial charge in [-0.3, -0.25) is 0 Å². The van der Waals surface area contributed by atoms with E-state index in [1.807, 2.05) is 30.3 Å². The van der Waals surface area contributed by atoms with Gasteiger partial charge in [0, 0.05) is 19.6 Å². The number of amides is 1. The van der Waals surface area contributed by atoms with Crippen LogP contribution in [0, 0.1) is 5.82 Å². The maximum absolute atomic E-state index is 13.2. The predicted molar refractivity (Wildman–Crippen MR) is 139 cm³/mol. The Labute approximate surface area is 221 Å². The molecule has 0 aromatic heterocycles. The van der Waals surface area contributed by atoms with E-state index in [9.17, 15) is 19.1 Å². The van der Waals surface area contributed by atoms with Crippen LogP contribution in [0.3, 0.4) is 0 Å². The molecule has 9 heteroatoms. The first-order chi connectivity index (χ1) is 18.4. The Balaban J connectivity index is 1.53. The van der Waals surface area contributed by atoms with Gasteiger partial charge in [0.25, 0.3) is 0 Å². The number of carbonyl (C=O) groups is 2. The largest absolute Gasteiger partial charge is 0.494 e. The first-order valence-electron chi connectivity index (χ1n) is 12.4. The first-order valence-corrected chi connectivity index (χ1v) is 12.4. The number of hydrogen-bond acceptors (Lipinski definition) is 6. The number of aliphatic carboxylic acids is 1. The number of nitrogens with zero attached hydrogens (tertiary/aromatic N) is 1. The number of rotatable bonds is 15. The van der Waals surface area contributed by atoms with Crippen molar-refractivity contribution < 1.29 is 38.0 Å². The zero-order valence-corrected chi connectivity index (χ0v) is 21.3. The Morgan fingerprint density at radius 1 is 0.842 bits per heavy atom. The van der Waals surface area contributed by atoms with E-state index in [0.29, 0.717) is 31.9 Å². The molecular weight excluding hydrogens is 493 g/mol. The van der Waals surface area contributed by atoms with Crippen molar-refractivity contribution in [1.29, 1.82) is 0 Å². The molecule has 1 unspecified atom stereocenters. The molecule has 3 aromatic rings. The van der Waals surface area contributed by atoms with Gasteiger partial charge in [-0.2, -0.15) is 0 Å². The molecule has 1 amide bonds. The molecule has 0 saturated heterocycles. The van der Waals surface area contributed by atoms with Crippen LogP contribution in [-0.2, 0) is 16.0 Å². The molecule has 0 aliphatic heterocycles. The van der Waals surface area contributed by atoms with Crippen LogP contribution in [-0.4, -0.2) is 61.1 Å². The summed E-state index contributed by atoms with van der Waals surface area (Å²) in [5.41, 5.74) is 0.807. The van der Waals surface area contributed by atoms with Crippen LogP contribution in [0.1, 0.15) is 18.9 Å². The van der Waals surface area contributed by atoms with Crippen LogP contribution in [0.2, 0.25) is 0 Å². The lowest BCUT2D eigenvalue weighted by atomic mass is 10.1. The maximum Gasteiger partial charge on any atom is 0.415 e. The quantitative estimate of drug-likeness (QED) is 0.272. The number of ether oxygens (including phenoxy) is 4. The van der Waals surface area contributed by atoms with Crippen LogP contribution in [0.4, 0.5) is 9.18 Å². The smallest absolute Gasteiger partial charge is 0.415 e. The van der Waals surface area contributed by atoms with E-state index in [1.165, 1.54) is 29.2 Å². The third-order valence-corrected chi connectivity index (χ3v) is 5.48. The van der Waals surface area contributed by atoms with Crippen molar-refractivity contribution in [3.63, 3.8) is 0 Å². The van der Waals surface area contributed by atoms with Crippen molar-refractivity contribution in [2.45, 2.75) is 25.9 Å². The van der Waals surface area contributed by atoms with Crippen molar-refractivity contribution in [2.75, 3.05) is 32.9 Å². The lowest BCUT2D eigenvalue weighted by Crippen LogP contribution is -2.38. The van der Waals surface area contributed by atoms with E-state index in [1.54, 1.807) is 31.2 Å². The molecule has 3 aromatic carbocycles. The van der Waals surface area contributed by atoms with Crippen LogP contribution in [0.15, 0.2) is 78.9 Å². The fourth-order valence-corrected chi connectivity index (χ4v) is 3.55. The van der Waals surface area contributed by atoms with E-state index < -0.39 is 24.0 Å². The van der Waals surface area contributed by atoms with Crippen LogP contribution < -0.4 is 14.2 Å². The molecule has 3 rings (SSSR count). The Hall–Kier alpha value is -4.11. The van der Waals surface area contributed by atoms with Crippen molar-refractivity contribution in [2.24, 2.45) is 0 Å². The van der Waals surface area contributed by atoms with Crippen LogP contribution >= 0.6 is 0 Å². The van der Waals surface area contributed by atoms with Gasteiger partial charge in [0.05, 0.1) is 13.2 Å². The first kappa shape index (κ1) is 28.5. The Kier molecular flexibility index (Phi) is 11.4. The molecule has 0 fully saturated rings. The van der Waals surface area contributed by atoms with Gasteiger partial charge in [-0.1, -0.05) is 30.3 Å². The highest BCUT2D eigenvalue weighted by molar-refractivity contribution is 5.72. The summed E-state index contributed by atoms with van der Waals surface area (Å²) in [5.74, 6) is 0.140. The highest BCUT2D eigenvalue weighted by Crippen LogP contribution is 2.16. The molecule has 0 aliphatic rings. The maximum atomic E-state index is 13.2. The second kappa shape index (κ2) is 15.2. The normalized spacial score (nSPS) is 11.4. The number of carboxylic acids is 1. The fourth-order valence-electron chi connectivity index (χ4n) is 3.55. The third-order valence-electron chi connectivity index (χ3n) is 5.48. The van der Waals surface area contributed by atoms with Gasteiger partial charge in [-0.15, -0.1) is 0 Å². The molecule has 0 aliphatic carbocycles. The van der Waals surface area contributed by atoms with E-state index in [2.05, 4.69) is 0 Å². The van der Waals surface area contributed by atoms with E-state index in [0.717, 1.165) is 11.3 Å². The van der Waals surface area contributed by atoms with E-state index >= 15 is 0 Å². The Morgan fingerprint density at radius 2 is 1.47 bits per heavy atom. The van der Waals surface area contributed by atoms with E-state index in [4.69, 9.17) is 18.9 Å². The van der Waals surface area contributed by atoms with Crippen LogP contribution in [0.5, 0.6) is 17.2 Å². The summed E-state index contributed by atoms with van der Waals surface area (Å²) in [7, 11) is 0. The number of benzene rings is 3. The monoisotopic (exact) mass is 525 g/mol. The average molecular weight is 526 g/mol. The topological polar surface area (TPSA) is 94.5 Å². The Bertz CT molecular complexity index is 1120.